The van der Waals surface area contributed by atoms with Crippen LogP contribution in [-0.2, 0) is 62.5 Å². The molecule has 0 radical (unpaired) electrons. The molecule has 1 N–H and O–H groups in total. The molecule has 3 aliphatic heterocycles. The number of hydrogen-bond acceptors (Lipinski definition) is 10. The van der Waals surface area contributed by atoms with E-state index in [1.807, 2.05) is 128 Å². The summed E-state index contributed by atoms with van der Waals surface area (Å²) in [5, 5.41) is 12.0. The van der Waals surface area contributed by atoms with Gasteiger partial charge < -0.3 is 47.7 Å². The average molecular weight is 725 g/mol. The van der Waals surface area contributed by atoms with Gasteiger partial charge in [0, 0.05) is 5.56 Å². The van der Waals surface area contributed by atoms with Crippen molar-refractivity contribution < 1.29 is 47.7 Å². The van der Waals surface area contributed by atoms with Crippen molar-refractivity contribution in [2.75, 3.05) is 13.2 Å². The first-order valence-corrected chi connectivity index (χ1v) is 18.2. The first-order chi connectivity index (χ1) is 26.1. The normalized spacial score (nSPS) is 31.4. The molecule has 10 nitrogen and oxygen atoms in total. The van der Waals surface area contributed by atoms with Crippen LogP contribution in [0.1, 0.15) is 35.5 Å². The molecule has 3 fully saturated rings. The first kappa shape index (κ1) is 37.5. The molecule has 0 aliphatic carbocycles. The number of aliphatic hydroxyl groups excluding tert-OH is 1. The minimum atomic E-state index is -1.18. The summed E-state index contributed by atoms with van der Waals surface area (Å²) >= 11 is 0. The zero-order valence-electron chi connectivity index (χ0n) is 29.8. The number of hydrogen-bond donors (Lipinski definition) is 1. The monoisotopic (exact) mass is 724 g/mol. The minimum absolute atomic E-state index is 0.164. The van der Waals surface area contributed by atoms with Gasteiger partial charge in [-0.25, -0.2) is 0 Å². The van der Waals surface area contributed by atoms with E-state index in [0.717, 1.165) is 22.3 Å². The first-order valence-electron chi connectivity index (χ1n) is 18.2. The molecule has 3 heterocycles. The Bertz CT molecular complexity index is 1660. The van der Waals surface area contributed by atoms with Crippen LogP contribution in [0.4, 0.5) is 0 Å². The maximum absolute atomic E-state index is 12.0. The smallest absolute Gasteiger partial charge is 0.187 e. The van der Waals surface area contributed by atoms with E-state index in [0.29, 0.717) is 13.2 Å². The van der Waals surface area contributed by atoms with Crippen LogP contribution < -0.4 is 0 Å². The van der Waals surface area contributed by atoms with E-state index in [4.69, 9.17) is 42.6 Å². The van der Waals surface area contributed by atoms with Gasteiger partial charge in [-0.3, -0.25) is 0 Å². The second kappa shape index (κ2) is 18.5. The molecule has 0 amide bonds. The summed E-state index contributed by atoms with van der Waals surface area (Å²) < 4.78 is 58.2. The quantitative estimate of drug-likeness (QED) is 0.141. The fourth-order valence-electron chi connectivity index (χ4n) is 6.92. The molecule has 0 spiro atoms. The maximum atomic E-state index is 12.0. The van der Waals surface area contributed by atoms with Crippen LogP contribution in [0, 0.1) is 0 Å². The molecule has 1 unspecified atom stereocenters. The Balaban J connectivity index is 1.17. The van der Waals surface area contributed by atoms with Crippen LogP contribution in [0.3, 0.4) is 0 Å². The molecule has 0 saturated carbocycles. The summed E-state index contributed by atoms with van der Waals surface area (Å²) in [5.41, 5.74) is 3.81. The molecule has 11 atom stereocenters. The highest BCUT2D eigenvalue weighted by Crippen LogP contribution is 2.38. The van der Waals surface area contributed by atoms with Crippen LogP contribution in [0.15, 0.2) is 134 Å². The molecular formula is C43H48O10. The lowest BCUT2D eigenvalue weighted by Crippen LogP contribution is -2.66. The van der Waals surface area contributed by atoms with Crippen molar-refractivity contribution in [2.45, 2.75) is 94.4 Å². The van der Waals surface area contributed by atoms with Crippen molar-refractivity contribution in [1.29, 1.82) is 0 Å². The van der Waals surface area contributed by atoms with Gasteiger partial charge in [0.05, 0.1) is 39.1 Å². The van der Waals surface area contributed by atoms with E-state index in [1.165, 1.54) is 0 Å². The molecule has 3 aliphatic rings. The lowest BCUT2D eigenvalue weighted by molar-refractivity contribution is -0.395. The summed E-state index contributed by atoms with van der Waals surface area (Å²) in [6.45, 7) is 6.99. The Labute approximate surface area is 311 Å². The summed E-state index contributed by atoms with van der Waals surface area (Å²) in [4.78, 5) is 0. The fourth-order valence-corrected chi connectivity index (χ4v) is 6.92. The van der Waals surface area contributed by atoms with Gasteiger partial charge in [0.2, 0.25) is 0 Å². The van der Waals surface area contributed by atoms with Crippen LogP contribution >= 0.6 is 0 Å². The molecule has 0 aromatic heterocycles. The zero-order chi connectivity index (χ0) is 36.4. The number of fused-ring (bicyclic) bond motifs is 1. The topological polar surface area (TPSA) is 103 Å². The zero-order valence-corrected chi connectivity index (χ0v) is 29.8. The van der Waals surface area contributed by atoms with E-state index < -0.39 is 67.7 Å². The predicted octanol–water partition coefficient (Wildman–Crippen LogP) is 6.28. The van der Waals surface area contributed by atoms with Gasteiger partial charge in [0.25, 0.3) is 0 Å². The highest BCUT2D eigenvalue weighted by atomic mass is 16.8. The van der Waals surface area contributed by atoms with E-state index in [-0.39, 0.29) is 19.8 Å². The van der Waals surface area contributed by atoms with Crippen molar-refractivity contribution in [3.8, 4) is 0 Å². The minimum Gasteiger partial charge on any atom is -0.387 e. The van der Waals surface area contributed by atoms with Gasteiger partial charge in [-0.2, -0.15) is 0 Å². The number of benzene rings is 4. The summed E-state index contributed by atoms with van der Waals surface area (Å²) in [7, 11) is 0. The lowest BCUT2D eigenvalue weighted by Gasteiger charge is -2.50. The Morgan fingerprint density at radius 2 is 1.15 bits per heavy atom. The molecule has 4 aromatic carbocycles. The Kier molecular flexibility index (Phi) is 13.1. The highest BCUT2D eigenvalue weighted by molar-refractivity contribution is 5.18. The van der Waals surface area contributed by atoms with Gasteiger partial charge in [0.15, 0.2) is 18.9 Å². The molecule has 0 bridgehead atoms. The molecular weight excluding hydrogens is 676 g/mol. The van der Waals surface area contributed by atoms with Crippen molar-refractivity contribution >= 4 is 0 Å². The van der Waals surface area contributed by atoms with Gasteiger partial charge in [0.1, 0.15) is 42.7 Å². The number of ether oxygens (including phenoxy) is 9. The van der Waals surface area contributed by atoms with Gasteiger partial charge in [-0.1, -0.05) is 127 Å². The van der Waals surface area contributed by atoms with E-state index in [9.17, 15) is 5.11 Å². The summed E-state index contributed by atoms with van der Waals surface area (Å²) in [6, 6.07) is 39.4. The SMILES string of the molecule is C=CCO[C@@H]1O[C@@H]2COC(c3ccccc3)O[C@@H]2[C@H](O)[C@H]1O[C@@H]1O[C@@H](C)[C@@H](OCc2ccccc2)[C@@H](OCc2ccccc2)[C@@H]1OCc1ccccc1. The average Bonchev–Trinajstić information content (AvgIpc) is 3.21. The van der Waals surface area contributed by atoms with Crippen molar-refractivity contribution in [2.24, 2.45) is 0 Å². The summed E-state index contributed by atoms with van der Waals surface area (Å²) in [5.74, 6) is 0. The van der Waals surface area contributed by atoms with Crippen LogP contribution in [0.5, 0.6) is 0 Å². The third kappa shape index (κ3) is 9.48. The van der Waals surface area contributed by atoms with Gasteiger partial charge in [-0.15, -0.1) is 6.58 Å². The second-order valence-corrected chi connectivity index (χ2v) is 13.4. The highest BCUT2D eigenvalue weighted by Gasteiger charge is 2.54. The van der Waals surface area contributed by atoms with E-state index in [1.54, 1.807) is 6.08 Å². The van der Waals surface area contributed by atoms with Crippen molar-refractivity contribution in [3.05, 3.63) is 156 Å². The van der Waals surface area contributed by atoms with E-state index in [2.05, 4.69) is 6.58 Å². The third-order valence-electron chi connectivity index (χ3n) is 9.63. The van der Waals surface area contributed by atoms with Crippen LogP contribution in [0.2, 0.25) is 0 Å². The van der Waals surface area contributed by atoms with Gasteiger partial charge in [-0.05, 0) is 23.6 Å². The summed E-state index contributed by atoms with van der Waals surface area (Å²) in [6.07, 6.45) is -7.15. The Hall–Kier alpha value is -3.78. The third-order valence-corrected chi connectivity index (χ3v) is 9.63. The molecule has 3 saturated heterocycles. The number of aliphatic hydroxyl groups is 1. The molecule has 4 aromatic rings. The molecule has 7 rings (SSSR count). The Morgan fingerprint density at radius 1 is 0.623 bits per heavy atom. The number of rotatable bonds is 15. The fraction of sp³-hybridized carbons (Fsp3) is 0.395. The second-order valence-electron chi connectivity index (χ2n) is 13.4. The van der Waals surface area contributed by atoms with Crippen LogP contribution in [-0.4, -0.2) is 79.7 Å². The Morgan fingerprint density at radius 3 is 1.72 bits per heavy atom. The standard InChI is InChI=1S/C43H48O10/c1-3-24-45-42-38(35(44)37-34(51-42)28-49-41(52-37)33-22-14-7-15-23-33)53-43-40(48-27-32-20-12-6-13-21-32)39(47-26-31-18-10-5-11-19-31)36(29(2)50-43)46-25-30-16-8-4-9-17-30/h3-23,29,34-44H,1,24-28H2,2H3/t29-,34+,35-,36+,37-,38+,39+,40-,41?,42+,43-/m0/s1. The predicted molar refractivity (Wildman–Crippen MR) is 195 cm³/mol. The molecule has 10 heteroatoms. The molecule has 280 valence electrons. The molecule has 53 heavy (non-hydrogen) atoms. The largest absolute Gasteiger partial charge is 0.387 e. The van der Waals surface area contributed by atoms with Gasteiger partial charge >= 0.3 is 0 Å². The maximum Gasteiger partial charge on any atom is 0.187 e. The lowest BCUT2D eigenvalue weighted by atomic mass is 9.96. The van der Waals surface area contributed by atoms with E-state index >= 15 is 0 Å². The van der Waals surface area contributed by atoms with Crippen molar-refractivity contribution in [1.82, 2.24) is 0 Å². The van der Waals surface area contributed by atoms with Crippen molar-refractivity contribution in [3.63, 3.8) is 0 Å². The van der Waals surface area contributed by atoms with Crippen LogP contribution in [0.25, 0.3) is 0 Å².